The van der Waals surface area contributed by atoms with E-state index in [1.165, 1.54) is 0 Å². The molecule has 0 atom stereocenters. The number of fused-ring (bicyclic) bond motifs is 1. The van der Waals surface area contributed by atoms with Crippen LogP contribution in [-0.4, -0.2) is 49.4 Å². The lowest BCUT2D eigenvalue weighted by Crippen LogP contribution is -2.26. The maximum Gasteiger partial charge on any atom is 0.307 e. The molecule has 0 aliphatic rings. The van der Waals surface area contributed by atoms with Crippen LogP contribution in [0, 0.1) is 0 Å². The Balaban J connectivity index is 1.45. The first-order valence-electron chi connectivity index (χ1n) is 13.3. The van der Waals surface area contributed by atoms with Gasteiger partial charge in [-0.05, 0) is 47.9 Å². The van der Waals surface area contributed by atoms with Crippen LogP contribution in [0.25, 0.3) is 28.0 Å². The molecule has 0 unspecified atom stereocenters. The average Bonchev–Trinajstić information content (AvgIpc) is 3.50. The van der Waals surface area contributed by atoms with Crippen molar-refractivity contribution < 1.29 is 14.6 Å². The molecule has 0 amide bonds. The summed E-state index contributed by atoms with van der Waals surface area (Å²) >= 11 is 2.52. The zero-order chi connectivity index (χ0) is 30.0. The number of benzene rings is 2. The predicted octanol–water partition coefficient (Wildman–Crippen LogP) is 5.08. The largest absolute Gasteiger partial charge is 0.493 e. The van der Waals surface area contributed by atoms with Crippen LogP contribution in [0.2, 0.25) is 0 Å². The van der Waals surface area contributed by atoms with Crippen molar-refractivity contribution in [3.63, 3.8) is 0 Å². The summed E-state index contributed by atoms with van der Waals surface area (Å²) < 4.78 is 14.3. The fourth-order valence-corrected chi connectivity index (χ4v) is 6.35. The number of thioether (sulfide) groups is 1. The topological polar surface area (TPSA) is 124 Å². The van der Waals surface area contributed by atoms with Gasteiger partial charge >= 0.3 is 4.87 Å². The van der Waals surface area contributed by atoms with Crippen molar-refractivity contribution in [3.05, 3.63) is 85.2 Å². The van der Waals surface area contributed by atoms with Gasteiger partial charge in [0, 0.05) is 29.8 Å². The van der Waals surface area contributed by atoms with Crippen molar-refractivity contribution in [1.29, 1.82) is 0 Å². The van der Waals surface area contributed by atoms with E-state index in [-0.39, 0.29) is 16.3 Å². The van der Waals surface area contributed by atoms with E-state index in [1.54, 1.807) is 48.3 Å². The van der Waals surface area contributed by atoms with Crippen molar-refractivity contribution in [3.8, 4) is 28.8 Å². The molecule has 12 heteroatoms. The molecule has 218 valence electrons. The van der Waals surface area contributed by atoms with E-state index < -0.39 is 0 Å². The van der Waals surface area contributed by atoms with Gasteiger partial charge in [-0.15, -0.1) is 11.8 Å². The van der Waals surface area contributed by atoms with Crippen LogP contribution in [0.1, 0.15) is 29.5 Å². The van der Waals surface area contributed by atoms with Gasteiger partial charge in [0.25, 0.3) is 5.56 Å². The highest BCUT2D eigenvalue weighted by Crippen LogP contribution is 2.33. The van der Waals surface area contributed by atoms with Crippen LogP contribution in [0.4, 0.5) is 0 Å². The first-order valence-corrected chi connectivity index (χ1v) is 15.1. The first kappa shape index (κ1) is 29.2. The lowest BCUT2D eigenvalue weighted by Gasteiger charge is -2.15. The molecule has 2 N–H and O–H groups in total. The zero-order valence-corrected chi connectivity index (χ0v) is 25.4. The monoisotopic (exact) mass is 605 g/mol. The van der Waals surface area contributed by atoms with Crippen LogP contribution in [0.5, 0.6) is 17.4 Å². The highest BCUT2D eigenvalue weighted by atomic mass is 32.2. The highest BCUT2D eigenvalue weighted by molar-refractivity contribution is 7.99. The zero-order valence-electron chi connectivity index (χ0n) is 23.8. The third-order valence-electron chi connectivity index (χ3n) is 6.83. The van der Waals surface area contributed by atoms with E-state index in [0.29, 0.717) is 51.1 Å². The summed E-state index contributed by atoms with van der Waals surface area (Å²) in [6.07, 6.45) is 1.61. The molecule has 0 spiro atoms. The number of nitrogens with one attached hydrogen (secondary N) is 1. The molecule has 0 bridgehead atoms. The summed E-state index contributed by atoms with van der Waals surface area (Å²) in [6.45, 7) is 6.51. The minimum Gasteiger partial charge on any atom is -0.493 e. The molecule has 3 heterocycles. The Morgan fingerprint density at radius 2 is 1.86 bits per heavy atom. The van der Waals surface area contributed by atoms with Crippen molar-refractivity contribution in [2.24, 2.45) is 7.05 Å². The fourth-order valence-electron chi connectivity index (χ4n) is 4.79. The lowest BCUT2D eigenvalue weighted by molar-refractivity contribution is 0.355. The molecule has 10 nitrogen and oxygen atoms in total. The van der Waals surface area contributed by atoms with Gasteiger partial charge in [0.15, 0.2) is 17.0 Å². The summed E-state index contributed by atoms with van der Waals surface area (Å²) in [5.74, 6) is 2.11. The standard InChI is InChI=1S/C30H31N5O5S2/c1-6-7-21-24-25(34(3)33-21)29(37)35(27(31-24)19-10-13-22(39-4)23(16-19)40-5)14-15-41-20-11-8-18(9-12-20)17(2)26-28(36)32-30(38)42-26/h8-13,16,36H,2,6-7,14-15H2,1,3-5H3,(H,32,38). The van der Waals surface area contributed by atoms with Gasteiger partial charge in [-0.3, -0.25) is 23.8 Å². The van der Waals surface area contributed by atoms with Crippen molar-refractivity contribution in [1.82, 2.24) is 24.3 Å². The molecular weight excluding hydrogens is 574 g/mol. The van der Waals surface area contributed by atoms with E-state index >= 15 is 0 Å². The minimum absolute atomic E-state index is 0.153. The van der Waals surface area contributed by atoms with Gasteiger partial charge in [-0.2, -0.15) is 5.10 Å². The fraction of sp³-hybridized carbons (Fsp3) is 0.267. The Morgan fingerprint density at radius 1 is 1.12 bits per heavy atom. The Kier molecular flexibility index (Phi) is 8.55. The number of thiazole rings is 1. The molecule has 42 heavy (non-hydrogen) atoms. The second-order valence-electron chi connectivity index (χ2n) is 9.52. The number of nitrogens with zero attached hydrogens (tertiary/aromatic N) is 4. The Labute approximate surface area is 250 Å². The van der Waals surface area contributed by atoms with Crippen LogP contribution >= 0.6 is 23.1 Å². The van der Waals surface area contributed by atoms with Gasteiger partial charge in [-0.1, -0.05) is 43.4 Å². The quantitative estimate of drug-likeness (QED) is 0.200. The molecule has 0 fully saturated rings. The summed E-state index contributed by atoms with van der Waals surface area (Å²) in [7, 11) is 4.93. The lowest BCUT2D eigenvalue weighted by atomic mass is 10.1. The van der Waals surface area contributed by atoms with Crippen molar-refractivity contribution in [2.45, 2.75) is 31.2 Å². The third-order valence-corrected chi connectivity index (χ3v) is 8.76. The summed E-state index contributed by atoms with van der Waals surface area (Å²) in [5, 5.41) is 14.6. The molecule has 0 saturated carbocycles. The number of aromatic amines is 1. The van der Waals surface area contributed by atoms with Crippen LogP contribution in [0.15, 0.2) is 63.5 Å². The number of aryl methyl sites for hydroxylation is 2. The highest BCUT2D eigenvalue weighted by Gasteiger charge is 2.20. The smallest absolute Gasteiger partial charge is 0.307 e. The Morgan fingerprint density at radius 3 is 2.50 bits per heavy atom. The maximum absolute atomic E-state index is 13.9. The number of hydrogen-bond acceptors (Lipinski definition) is 9. The van der Waals surface area contributed by atoms with E-state index in [0.717, 1.165) is 45.9 Å². The summed E-state index contributed by atoms with van der Waals surface area (Å²) in [6, 6.07) is 13.2. The van der Waals surface area contributed by atoms with Gasteiger partial charge in [0.2, 0.25) is 5.88 Å². The van der Waals surface area contributed by atoms with E-state index in [2.05, 4.69) is 23.6 Å². The molecule has 2 aromatic carbocycles. The molecule has 0 saturated heterocycles. The van der Waals surface area contributed by atoms with Gasteiger partial charge < -0.3 is 14.6 Å². The Bertz CT molecular complexity index is 1890. The van der Waals surface area contributed by atoms with Gasteiger partial charge in [0.05, 0.1) is 24.8 Å². The van der Waals surface area contributed by atoms with Crippen LogP contribution in [-0.2, 0) is 20.0 Å². The SMILES string of the molecule is C=C(c1ccc(SCCn2c(-c3ccc(OC)c(OC)c3)nc3c(CCC)nn(C)c3c2=O)cc1)c1sc(=O)[nH]c1O. The van der Waals surface area contributed by atoms with Crippen LogP contribution < -0.4 is 19.9 Å². The summed E-state index contributed by atoms with van der Waals surface area (Å²) in [4.78, 5) is 33.9. The average molecular weight is 606 g/mol. The maximum atomic E-state index is 13.9. The molecule has 0 radical (unpaired) electrons. The Hall–Kier alpha value is -4.29. The minimum atomic E-state index is -0.334. The van der Waals surface area contributed by atoms with Gasteiger partial charge in [-0.25, -0.2) is 4.98 Å². The molecule has 3 aromatic heterocycles. The molecule has 5 aromatic rings. The molecule has 0 aliphatic heterocycles. The number of hydrogen-bond donors (Lipinski definition) is 2. The number of rotatable bonds is 11. The molecule has 0 aliphatic carbocycles. The third kappa shape index (κ3) is 5.59. The van der Waals surface area contributed by atoms with E-state index in [4.69, 9.17) is 14.5 Å². The number of ether oxygens (including phenoxy) is 2. The number of methoxy groups -OCH3 is 2. The first-order chi connectivity index (χ1) is 20.2. The number of aromatic nitrogens is 5. The van der Waals surface area contributed by atoms with E-state index in [1.807, 2.05) is 36.4 Å². The summed E-state index contributed by atoms with van der Waals surface area (Å²) in [5.41, 5.74) is 3.85. The number of aromatic hydroxyl groups is 1. The molecule has 5 rings (SSSR count). The van der Waals surface area contributed by atoms with Crippen molar-refractivity contribution in [2.75, 3.05) is 20.0 Å². The van der Waals surface area contributed by atoms with Crippen LogP contribution in [0.3, 0.4) is 0 Å². The molecular formula is C30H31N5O5S2. The van der Waals surface area contributed by atoms with E-state index in [9.17, 15) is 14.7 Å². The number of H-pyrrole nitrogens is 1. The predicted molar refractivity (Wildman–Crippen MR) is 167 cm³/mol. The second-order valence-corrected chi connectivity index (χ2v) is 11.7. The van der Waals surface area contributed by atoms with Crippen molar-refractivity contribution >= 4 is 39.7 Å². The normalized spacial score (nSPS) is 11.2. The second kappa shape index (κ2) is 12.3. The van der Waals surface area contributed by atoms with Gasteiger partial charge in [0.1, 0.15) is 11.3 Å².